The number of anilines is 1. The van der Waals surface area contributed by atoms with Gasteiger partial charge in [0.1, 0.15) is 0 Å². The molecule has 1 fully saturated rings. The van der Waals surface area contributed by atoms with Gasteiger partial charge in [-0.05, 0) is 35.5 Å². The first-order valence-electron chi connectivity index (χ1n) is 10.1. The molecule has 1 saturated heterocycles. The lowest BCUT2D eigenvalue weighted by Gasteiger charge is -2.19. The first kappa shape index (κ1) is 19.9. The highest BCUT2D eigenvalue weighted by Gasteiger charge is 2.29. The maximum absolute atomic E-state index is 11.9. The molecular formula is C25H26N4O. The van der Waals surface area contributed by atoms with Crippen molar-refractivity contribution in [1.82, 2.24) is 5.32 Å². The first-order valence-corrected chi connectivity index (χ1v) is 10.1. The third-order valence-electron chi connectivity index (χ3n) is 5.73. The summed E-state index contributed by atoms with van der Waals surface area (Å²) in [5, 5.41) is 9.08. The number of nitrogens with one attached hydrogen (secondary N) is 2. The fraction of sp³-hybridized carbons (Fsp3) is 0.200. The summed E-state index contributed by atoms with van der Waals surface area (Å²) in [5.41, 5.74) is 9.67. The van der Waals surface area contributed by atoms with Crippen molar-refractivity contribution in [1.29, 1.82) is 0 Å². The fourth-order valence-corrected chi connectivity index (χ4v) is 4.33. The molecule has 152 valence electrons. The van der Waals surface area contributed by atoms with E-state index >= 15 is 0 Å². The molecule has 0 bridgehead atoms. The number of hydrogen-bond donors (Lipinski definition) is 3. The van der Waals surface area contributed by atoms with Crippen LogP contribution in [-0.2, 0) is 0 Å². The van der Waals surface area contributed by atoms with E-state index in [0.717, 1.165) is 24.4 Å². The number of aliphatic imine (C=N–C) groups is 1. The second-order valence-electron chi connectivity index (χ2n) is 7.56. The van der Waals surface area contributed by atoms with Crippen LogP contribution in [0.4, 0.5) is 5.69 Å². The van der Waals surface area contributed by atoms with Crippen LogP contribution in [0.3, 0.4) is 0 Å². The van der Waals surface area contributed by atoms with Crippen LogP contribution in [0, 0.1) is 0 Å². The van der Waals surface area contributed by atoms with Crippen LogP contribution >= 0.6 is 0 Å². The number of amides is 1. The summed E-state index contributed by atoms with van der Waals surface area (Å²) in [6, 6.07) is 20.5. The van der Waals surface area contributed by atoms with Gasteiger partial charge in [-0.3, -0.25) is 9.79 Å². The molecule has 4 rings (SSSR count). The van der Waals surface area contributed by atoms with Crippen molar-refractivity contribution >= 4 is 28.1 Å². The maximum Gasteiger partial charge on any atom is 0.250 e. The summed E-state index contributed by atoms with van der Waals surface area (Å²) in [4.78, 5) is 17.0. The lowest BCUT2D eigenvalue weighted by molar-refractivity contribution is 0.100. The molecule has 4 N–H and O–H groups in total. The molecule has 0 radical (unpaired) electrons. The summed E-state index contributed by atoms with van der Waals surface area (Å²) in [6.45, 7) is 7.40. The Balaban J connectivity index is 1.73. The molecule has 30 heavy (non-hydrogen) atoms. The minimum absolute atomic E-state index is 0.102. The number of para-hydroxylation sites is 1. The Hall–Kier alpha value is -3.44. The number of primary amides is 1. The van der Waals surface area contributed by atoms with Gasteiger partial charge in [0, 0.05) is 30.3 Å². The standard InChI is InChI=1S/C25H26N4O/c1-3-28-24-18(11-7-13-21(24)25(26)30)16(2)29-23-15-27-14-22(23)20-12-6-9-17-8-4-5-10-19(17)20/h3-13,22-23,27-28H,1,14-15H2,2H3,(H2,26,30)/t22-,23+/m1/s1. The van der Waals surface area contributed by atoms with Crippen molar-refractivity contribution in [3.63, 3.8) is 0 Å². The minimum atomic E-state index is -0.481. The number of fused-ring (bicyclic) bond motifs is 1. The van der Waals surface area contributed by atoms with Gasteiger partial charge in [-0.15, -0.1) is 0 Å². The Morgan fingerprint density at radius 3 is 2.63 bits per heavy atom. The summed E-state index contributed by atoms with van der Waals surface area (Å²) >= 11 is 0. The van der Waals surface area contributed by atoms with E-state index in [9.17, 15) is 4.79 Å². The molecule has 1 amide bonds. The van der Waals surface area contributed by atoms with E-state index < -0.39 is 5.91 Å². The number of hydrogen-bond acceptors (Lipinski definition) is 4. The van der Waals surface area contributed by atoms with Crippen LogP contribution < -0.4 is 16.4 Å². The van der Waals surface area contributed by atoms with E-state index in [4.69, 9.17) is 10.7 Å². The lowest BCUT2D eigenvalue weighted by Crippen LogP contribution is -2.19. The van der Waals surface area contributed by atoms with E-state index in [1.54, 1.807) is 12.3 Å². The van der Waals surface area contributed by atoms with Gasteiger partial charge in [0.25, 0.3) is 5.91 Å². The third-order valence-corrected chi connectivity index (χ3v) is 5.73. The quantitative estimate of drug-likeness (QED) is 0.548. The molecule has 5 nitrogen and oxygen atoms in total. The Morgan fingerprint density at radius 2 is 1.83 bits per heavy atom. The van der Waals surface area contributed by atoms with Gasteiger partial charge >= 0.3 is 0 Å². The van der Waals surface area contributed by atoms with E-state index in [1.165, 1.54) is 16.3 Å². The molecular weight excluding hydrogens is 372 g/mol. The molecule has 0 saturated carbocycles. The Labute approximate surface area is 176 Å². The number of nitrogens with zero attached hydrogens (tertiary/aromatic N) is 1. The zero-order chi connectivity index (χ0) is 21.1. The van der Waals surface area contributed by atoms with Crippen LogP contribution in [0.5, 0.6) is 0 Å². The summed E-state index contributed by atoms with van der Waals surface area (Å²) in [6.07, 6.45) is 1.55. The molecule has 0 aromatic heterocycles. The summed E-state index contributed by atoms with van der Waals surface area (Å²) in [7, 11) is 0. The number of nitrogens with two attached hydrogens (primary N) is 1. The third kappa shape index (κ3) is 3.72. The predicted molar refractivity (Wildman–Crippen MR) is 124 cm³/mol. The van der Waals surface area contributed by atoms with Crippen molar-refractivity contribution in [3.8, 4) is 0 Å². The number of carbonyl (C=O) groups is 1. The second-order valence-corrected chi connectivity index (χ2v) is 7.56. The van der Waals surface area contributed by atoms with Gasteiger partial charge in [-0.2, -0.15) is 0 Å². The number of rotatable bonds is 6. The number of benzene rings is 3. The van der Waals surface area contributed by atoms with Gasteiger partial charge in [0.15, 0.2) is 0 Å². The number of carbonyl (C=O) groups excluding carboxylic acids is 1. The van der Waals surface area contributed by atoms with Gasteiger partial charge < -0.3 is 16.4 Å². The molecule has 0 spiro atoms. The molecule has 3 aromatic rings. The van der Waals surface area contributed by atoms with Crippen LogP contribution in [0.2, 0.25) is 0 Å². The smallest absolute Gasteiger partial charge is 0.250 e. The molecule has 2 atom stereocenters. The fourth-order valence-electron chi connectivity index (χ4n) is 4.33. The van der Waals surface area contributed by atoms with Gasteiger partial charge in [-0.1, -0.05) is 61.2 Å². The topological polar surface area (TPSA) is 79.5 Å². The normalized spacial score (nSPS) is 19.0. The maximum atomic E-state index is 11.9. The van der Waals surface area contributed by atoms with Crippen LogP contribution in [0.1, 0.15) is 34.3 Å². The van der Waals surface area contributed by atoms with E-state index in [-0.39, 0.29) is 12.0 Å². The lowest BCUT2D eigenvalue weighted by atomic mass is 9.90. The molecule has 3 aromatic carbocycles. The Morgan fingerprint density at radius 1 is 1.10 bits per heavy atom. The molecule has 1 heterocycles. The predicted octanol–water partition coefficient (Wildman–Crippen LogP) is 4.06. The second kappa shape index (κ2) is 8.51. The average molecular weight is 399 g/mol. The van der Waals surface area contributed by atoms with Crippen molar-refractivity contribution in [3.05, 3.63) is 90.1 Å². The molecule has 0 unspecified atom stereocenters. The highest BCUT2D eigenvalue weighted by Crippen LogP contribution is 2.32. The zero-order valence-corrected chi connectivity index (χ0v) is 17.1. The van der Waals surface area contributed by atoms with Gasteiger partial charge in [0.05, 0.1) is 17.3 Å². The zero-order valence-electron chi connectivity index (χ0n) is 17.1. The van der Waals surface area contributed by atoms with Crippen molar-refractivity contribution < 1.29 is 4.79 Å². The van der Waals surface area contributed by atoms with E-state index in [2.05, 4.69) is 59.7 Å². The van der Waals surface area contributed by atoms with Crippen LogP contribution in [-0.4, -0.2) is 30.8 Å². The van der Waals surface area contributed by atoms with Crippen LogP contribution in [0.15, 0.2) is 78.4 Å². The largest absolute Gasteiger partial charge is 0.366 e. The minimum Gasteiger partial charge on any atom is -0.366 e. The van der Waals surface area contributed by atoms with Crippen molar-refractivity contribution in [2.45, 2.75) is 18.9 Å². The first-order chi connectivity index (χ1) is 14.6. The van der Waals surface area contributed by atoms with Gasteiger partial charge in [-0.25, -0.2) is 0 Å². The monoisotopic (exact) mass is 398 g/mol. The SMILES string of the molecule is C=CNc1c(C(N)=O)cccc1C(C)=N[C@H]1CNC[C@@H]1c1cccc2ccccc12. The molecule has 1 aliphatic heterocycles. The average Bonchev–Trinajstić information content (AvgIpc) is 3.21. The Bertz CT molecular complexity index is 1130. The highest BCUT2D eigenvalue weighted by molar-refractivity contribution is 6.09. The highest BCUT2D eigenvalue weighted by atomic mass is 16.1. The van der Waals surface area contributed by atoms with Crippen molar-refractivity contribution in [2.24, 2.45) is 10.7 Å². The molecule has 5 heteroatoms. The molecule has 1 aliphatic rings. The molecule has 0 aliphatic carbocycles. The Kier molecular flexibility index (Phi) is 5.63. The summed E-state index contributed by atoms with van der Waals surface area (Å²) < 4.78 is 0. The van der Waals surface area contributed by atoms with E-state index in [0.29, 0.717) is 11.3 Å². The van der Waals surface area contributed by atoms with E-state index in [1.807, 2.05) is 19.1 Å². The van der Waals surface area contributed by atoms with Crippen molar-refractivity contribution in [2.75, 3.05) is 18.4 Å². The summed E-state index contributed by atoms with van der Waals surface area (Å²) in [5.74, 6) is -0.202. The van der Waals surface area contributed by atoms with Crippen LogP contribution in [0.25, 0.3) is 10.8 Å². The van der Waals surface area contributed by atoms with Gasteiger partial charge in [0.2, 0.25) is 0 Å².